The lowest BCUT2D eigenvalue weighted by Gasteiger charge is -2.40. The van der Waals surface area contributed by atoms with Crippen LogP contribution >= 0.6 is 0 Å². The Balaban J connectivity index is 1.19. The minimum Gasteiger partial charge on any atom is -0.508 e. The third kappa shape index (κ3) is 11.5. The van der Waals surface area contributed by atoms with Crippen molar-refractivity contribution < 1.29 is 35.4 Å². The number of aliphatic hydroxyl groups excluding tert-OH is 2. The Labute approximate surface area is 380 Å². The number of allylic oxidation sites excluding steroid dienone is 3. The summed E-state index contributed by atoms with van der Waals surface area (Å²) in [5.74, 6) is -1.23. The lowest BCUT2D eigenvalue weighted by molar-refractivity contribution is -0.150. The average Bonchev–Trinajstić information content (AvgIpc) is 3.84. The molecule has 1 aliphatic heterocycles. The van der Waals surface area contributed by atoms with Crippen molar-refractivity contribution in [1.29, 1.82) is 0 Å². The van der Waals surface area contributed by atoms with E-state index in [4.69, 9.17) is 5.73 Å². The van der Waals surface area contributed by atoms with Crippen LogP contribution in [0.5, 0.6) is 11.5 Å². The first kappa shape index (κ1) is 47.5. The molecule has 4 aliphatic rings. The highest BCUT2D eigenvalue weighted by Gasteiger charge is 2.51. The van der Waals surface area contributed by atoms with Gasteiger partial charge < -0.3 is 46.7 Å². The number of dihydropyridines is 1. The summed E-state index contributed by atoms with van der Waals surface area (Å²) in [6.07, 6.45) is 20.8. The Morgan fingerprint density at radius 2 is 1.69 bits per heavy atom. The van der Waals surface area contributed by atoms with Crippen molar-refractivity contribution in [2.75, 3.05) is 6.54 Å². The van der Waals surface area contributed by atoms with Gasteiger partial charge in [-0.05, 0) is 136 Å². The Bertz CT molecular complexity index is 2110. The number of unbranched alkanes of at least 4 members (excludes halogenated alkanes) is 3. The first-order valence-electron chi connectivity index (χ1n) is 24.6. The highest BCUT2D eigenvalue weighted by molar-refractivity contribution is 5.73. The molecule has 2 saturated carbocycles. The van der Waals surface area contributed by atoms with Gasteiger partial charge in [0.15, 0.2) is 0 Å². The van der Waals surface area contributed by atoms with E-state index in [9.17, 15) is 35.4 Å². The third-order valence-electron chi connectivity index (χ3n) is 15.5. The molecule has 3 aliphatic carbocycles. The fourth-order valence-electron chi connectivity index (χ4n) is 12.1. The summed E-state index contributed by atoms with van der Waals surface area (Å²) in [5, 5.41) is 71.8. The van der Waals surface area contributed by atoms with Gasteiger partial charge in [0.2, 0.25) is 0 Å². The van der Waals surface area contributed by atoms with Gasteiger partial charge in [-0.15, -0.1) is 0 Å². The van der Waals surface area contributed by atoms with Crippen LogP contribution in [-0.2, 0) is 17.6 Å². The molecule has 64 heavy (non-hydrogen) atoms. The second-order valence-electron chi connectivity index (χ2n) is 19.9. The number of carbonyl (C=O) groups is 1. The van der Waals surface area contributed by atoms with Gasteiger partial charge in [-0.1, -0.05) is 94.5 Å². The van der Waals surface area contributed by atoms with Crippen molar-refractivity contribution in [3.8, 4) is 22.8 Å². The number of fused-ring (bicyclic) bond motifs is 1. The van der Waals surface area contributed by atoms with E-state index >= 15 is 0 Å². The Kier molecular flexibility index (Phi) is 16.1. The summed E-state index contributed by atoms with van der Waals surface area (Å²) in [5.41, 5.74) is 11.5. The molecule has 2 fully saturated rings. The molecule has 10 nitrogen and oxygen atoms in total. The number of carboxylic acid groups (broad SMARTS) is 1. The number of phenolic OH excluding ortho intramolecular Hbond substituents is 2. The van der Waals surface area contributed by atoms with Crippen molar-refractivity contribution in [2.24, 2.45) is 41.2 Å². The Morgan fingerprint density at radius 3 is 2.42 bits per heavy atom. The van der Waals surface area contributed by atoms with Crippen molar-refractivity contribution in [3.05, 3.63) is 107 Å². The number of nitrogens with one attached hydrogen (secondary N) is 2. The van der Waals surface area contributed by atoms with E-state index in [1.54, 1.807) is 6.07 Å². The molecule has 0 radical (unpaired) electrons. The standard InChI is InChI=1S/C54H75N3O7/c1-3-5-7-12-35-17-18-39(48(60)28-35)15-10-11-16-40-19-20-42(45-27-37(25-36-22-24-56-50(55)29-36)33-54(45,64)23-21-47(59)51(40)53(62)63)46-30-38(4-2)52(57-46)44-31-41(58)32-49(61)43(44)26-34-13-8-6-9-14-34/h6,8-9,13-14,17-18,22,29-32,35,37,39-40,42,45,47-48,51,56-61,64H,3-5,7,10-12,15-16,19-21,23-28,33,55H2,1-2H3,(H,62,63)/t35-,37+,39-,40+,42-,45+,47+,48-,51+,54+/m1/s1. The largest absolute Gasteiger partial charge is 0.508 e. The minimum atomic E-state index is -1.14. The molecule has 10 heteroatoms. The van der Waals surface area contributed by atoms with Gasteiger partial charge in [-0.3, -0.25) is 4.79 Å². The molecule has 3 aromatic rings. The molecule has 0 spiro atoms. The van der Waals surface area contributed by atoms with Gasteiger partial charge in [-0.25, -0.2) is 0 Å². The lowest BCUT2D eigenvalue weighted by Crippen LogP contribution is -2.42. The smallest absolute Gasteiger partial charge is 0.309 e. The average molecular weight is 878 g/mol. The highest BCUT2D eigenvalue weighted by Crippen LogP contribution is 2.54. The number of aromatic hydroxyl groups is 2. The summed E-state index contributed by atoms with van der Waals surface area (Å²) < 4.78 is 0. The fraction of sp³-hybridized carbons (Fsp3) is 0.574. The number of aryl methyl sites for hydroxylation is 1. The van der Waals surface area contributed by atoms with Crippen molar-refractivity contribution in [1.82, 2.24) is 10.3 Å². The van der Waals surface area contributed by atoms with Crippen LogP contribution in [0.15, 0.2) is 84.2 Å². The topological polar surface area (TPSA) is 192 Å². The quantitative estimate of drug-likeness (QED) is 0.0469. The molecule has 10 atom stereocenters. The molecule has 0 bridgehead atoms. The molecular weight excluding hydrogens is 803 g/mol. The third-order valence-corrected chi connectivity index (χ3v) is 15.5. The molecule has 0 saturated heterocycles. The number of nitrogens with two attached hydrogens (primary N) is 1. The van der Waals surface area contributed by atoms with E-state index < -0.39 is 23.6 Å². The molecule has 1 aromatic heterocycles. The SMILES string of the molecule is CCCCC[C@@H]1C=C[C@@H](CCCC[C@H]2CC[C@@H](c3cc(CC)c(-c4cc(O)cc(O)c4Cc4ccccc4)[nH]3)[C@@H]3C[C@H](CC4=CCNC(N)=C4)C[C@@]3(O)CC[C@H](O)[C@H]2C(=O)O)[C@H](O)C1. The maximum atomic E-state index is 13.2. The zero-order valence-electron chi connectivity index (χ0n) is 38.2. The van der Waals surface area contributed by atoms with E-state index in [1.807, 2.05) is 36.4 Å². The van der Waals surface area contributed by atoms with Gasteiger partial charge >= 0.3 is 5.97 Å². The van der Waals surface area contributed by atoms with E-state index in [-0.39, 0.29) is 53.6 Å². The number of hydrogen-bond donors (Lipinski definition) is 9. The first-order valence-corrected chi connectivity index (χ1v) is 24.6. The van der Waals surface area contributed by atoms with Crippen LogP contribution in [0.1, 0.15) is 145 Å². The van der Waals surface area contributed by atoms with E-state index in [1.165, 1.54) is 25.3 Å². The van der Waals surface area contributed by atoms with Crippen LogP contribution < -0.4 is 11.1 Å². The number of benzene rings is 2. The predicted molar refractivity (Wildman–Crippen MR) is 254 cm³/mol. The first-order chi connectivity index (χ1) is 30.8. The second kappa shape index (κ2) is 21.7. The maximum absolute atomic E-state index is 13.2. The normalized spacial score (nSPS) is 29.7. The Hall–Kier alpha value is -4.51. The second-order valence-corrected chi connectivity index (χ2v) is 19.9. The van der Waals surface area contributed by atoms with Crippen LogP contribution in [0, 0.1) is 35.5 Å². The molecular formula is C54H75N3O7. The Morgan fingerprint density at radius 1 is 0.906 bits per heavy atom. The predicted octanol–water partition coefficient (Wildman–Crippen LogP) is 9.75. The molecule has 2 heterocycles. The maximum Gasteiger partial charge on any atom is 0.309 e. The van der Waals surface area contributed by atoms with E-state index in [0.29, 0.717) is 68.8 Å². The summed E-state index contributed by atoms with van der Waals surface area (Å²) in [6, 6.07) is 15.3. The summed E-state index contributed by atoms with van der Waals surface area (Å²) in [4.78, 5) is 17.0. The molecule has 10 N–H and O–H groups in total. The number of hydrogen-bond acceptors (Lipinski definition) is 8. The number of carboxylic acids is 1. The number of aliphatic carboxylic acids is 1. The molecule has 2 aromatic carbocycles. The summed E-state index contributed by atoms with van der Waals surface area (Å²) in [7, 11) is 0. The molecule has 0 unspecified atom stereocenters. The van der Waals surface area contributed by atoms with Gasteiger partial charge in [0.05, 0.1) is 29.5 Å². The summed E-state index contributed by atoms with van der Waals surface area (Å²) in [6.45, 7) is 4.97. The van der Waals surface area contributed by atoms with E-state index in [0.717, 1.165) is 78.6 Å². The van der Waals surface area contributed by atoms with Gasteiger partial charge in [-0.2, -0.15) is 0 Å². The molecule has 7 rings (SSSR count). The number of H-pyrrole nitrogens is 1. The number of rotatable bonds is 17. The zero-order valence-corrected chi connectivity index (χ0v) is 38.2. The van der Waals surface area contributed by atoms with Gasteiger partial charge in [0.1, 0.15) is 11.5 Å². The number of aliphatic hydroxyl groups is 3. The van der Waals surface area contributed by atoms with Crippen LogP contribution in [-0.4, -0.2) is 65.9 Å². The fourth-order valence-corrected chi connectivity index (χ4v) is 12.1. The lowest BCUT2D eigenvalue weighted by atomic mass is 9.69. The van der Waals surface area contributed by atoms with Crippen LogP contribution in [0.25, 0.3) is 11.3 Å². The van der Waals surface area contributed by atoms with Crippen molar-refractivity contribution in [2.45, 2.75) is 153 Å². The van der Waals surface area contributed by atoms with Gasteiger partial charge in [0.25, 0.3) is 0 Å². The van der Waals surface area contributed by atoms with Crippen molar-refractivity contribution in [3.63, 3.8) is 0 Å². The highest BCUT2D eigenvalue weighted by atomic mass is 16.4. The molecule has 348 valence electrons. The van der Waals surface area contributed by atoms with Crippen molar-refractivity contribution >= 4 is 5.97 Å². The summed E-state index contributed by atoms with van der Waals surface area (Å²) >= 11 is 0. The van der Waals surface area contributed by atoms with Crippen LogP contribution in [0.3, 0.4) is 0 Å². The molecule has 0 amide bonds. The monoisotopic (exact) mass is 878 g/mol. The number of aromatic amines is 1. The number of phenols is 2. The zero-order chi connectivity index (χ0) is 45.4. The minimum absolute atomic E-state index is 0.0207. The van der Waals surface area contributed by atoms with E-state index in [2.05, 4.69) is 48.4 Å². The van der Waals surface area contributed by atoms with Gasteiger partial charge in [0, 0.05) is 53.4 Å². The van der Waals surface area contributed by atoms with Crippen LogP contribution in [0.2, 0.25) is 0 Å². The van der Waals surface area contributed by atoms with Crippen LogP contribution in [0.4, 0.5) is 0 Å². The number of aromatic nitrogens is 1.